The summed E-state index contributed by atoms with van der Waals surface area (Å²) >= 11 is 0. The van der Waals surface area contributed by atoms with E-state index < -0.39 is 23.0 Å². The van der Waals surface area contributed by atoms with E-state index in [0.29, 0.717) is 29.3 Å². The highest BCUT2D eigenvalue weighted by atomic mass is 19.1. The van der Waals surface area contributed by atoms with Gasteiger partial charge in [-0.1, -0.05) is 12.1 Å². The fraction of sp³-hybridized carbons (Fsp3) is 0.273. The third kappa shape index (κ3) is 4.36. The van der Waals surface area contributed by atoms with Crippen LogP contribution < -0.4 is 10.1 Å². The minimum Gasteiger partial charge on any atom is -0.489 e. The Kier molecular flexibility index (Phi) is 5.60. The lowest BCUT2D eigenvalue weighted by atomic mass is 9.93. The van der Waals surface area contributed by atoms with E-state index in [1.165, 1.54) is 30.5 Å². The molecule has 3 aromatic rings. The van der Waals surface area contributed by atoms with Crippen molar-refractivity contribution in [3.63, 3.8) is 0 Å². The van der Waals surface area contributed by atoms with Crippen LogP contribution in [0.1, 0.15) is 23.5 Å². The Hall–Kier alpha value is -3.46. The normalized spacial score (nSPS) is 19.7. The number of carbonyl (C=O) groups is 1. The first kappa shape index (κ1) is 20.8. The molecule has 7 nitrogen and oxygen atoms in total. The summed E-state index contributed by atoms with van der Waals surface area (Å²) in [6.07, 6.45) is 2.90. The number of benzene rings is 1. The third-order valence-corrected chi connectivity index (χ3v) is 5.35. The molecule has 1 aliphatic rings. The lowest BCUT2D eigenvalue weighted by Crippen LogP contribution is -2.27. The number of ether oxygens (including phenoxy) is 1. The number of rotatable bonds is 7. The van der Waals surface area contributed by atoms with Gasteiger partial charge in [0.2, 0.25) is 5.91 Å². The molecule has 2 atom stereocenters. The second-order valence-electron chi connectivity index (χ2n) is 7.45. The number of aryl methyl sites for hydroxylation is 1. The zero-order valence-electron chi connectivity index (χ0n) is 16.7. The summed E-state index contributed by atoms with van der Waals surface area (Å²) in [5.74, 6) is -0.742. The highest BCUT2D eigenvalue weighted by Crippen LogP contribution is 2.55. The van der Waals surface area contributed by atoms with E-state index >= 15 is 0 Å². The number of aromatic nitrogens is 3. The zero-order valence-corrected chi connectivity index (χ0v) is 16.7. The maximum absolute atomic E-state index is 13.9. The lowest BCUT2D eigenvalue weighted by Gasteiger charge is -2.20. The van der Waals surface area contributed by atoms with Gasteiger partial charge in [-0.2, -0.15) is 0 Å². The number of nitrogens with one attached hydrogen (secondary N) is 1. The van der Waals surface area contributed by atoms with Gasteiger partial charge in [-0.3, -0.25) is 4.79 Å². The number of carbonyl (C=O) groups excluding carboxylic acids is 1. The predicted octanol–water partition coefficient (Wildman–Crippen LogP) is 2.93. The number of amides is 1. The molecule has 160 valence electrons. The van der Waals surface area contributed by atoms with Crippen molar-refractivity contribution >= 4 is 11.7 Å². The molecule has 0 aliphatic heterocycles. The van der Waals surface area contributed by atoms with Gasteiger partial charge >= 0.3 is 0 Å². The van der Waals surface area contributed by atoms with E-state index in [-0.39, 0.29) is 24.9 Å². The second kappa shape index (κ2) is 8.35. The SMILES string of the molecule is Cc1ncc(OCC2(c3cccc(F)c3)CC2C(=O)Nc2ccc(F)cn2)c(CO)n1. The van der Waals surface area contributed by atoms with Crippen molar-refractivity contribution in [3.05, 3.63) is 77.5 Å². The van der Waals surface area contributed by atoms with Crippen LogP contribution >= 0.6 is 0 Å². The van der Waals surface area contributed by atoms with Crippen molar-refractivity contribution < 1.29 is 23.4 Å². The van der Waals surface area contributed by atoms with Crippen LogP contribution in [0.25, 0.3) is 0 Å². The van der Waals surface area contributed by atoms with Gasteiger partial charge in [0.15, 0.2) is 5.75 Å². The number of aliphatic hydroxyl groups is 1. The van der Waals surface area contributed by atoms with Crippen LogP contribution in [0.4, 0.5) is 14.6 Å². The molecule has 0 bridgehead atoms. The largest absolute Gasteiger partial charge is 0.489 e. The summed E-state index contributed by atoms with van der Waals surface area (Å²) in [7, 11) is 0. The second-order valence-corrected chi connectivity index (χ2v) is 7.45. The summed E-state index contributed by atoms with van der Waals surface area (Å²) in [4.78, 5) is 24.9. The van der Waals surface area contributed by atoms with Crippen LogP contribution in [0.5, 0.6) is 5.75 Å². The fourth-order valence-electron chi connectivity index (χ4n) is 3.62. The summed E-state index contributed by atoms with van der Waals surface area (Å²) in [5, 5.41) is 12.2. The molecule has 1 aromatic carbocycles. The van der Waals surface area contributed by atoms with Gasteiger partial charge in [-0.15, -0.1) is 0 Å². The standard InChI is InChI=1S/C22H20F2N4O3/c1-13-25-10-19(18(11-29)27-13)31-12-22(14-3-2-4-15(23)7-14)8-17(22)21(30)28-20-6-5-16(24)9-26-20/h2-7,9-10,17,29H,8,11-12H2,1H3,(H,26,28,30). The fourth-order valence-corrected chi connectivity index (χ4v) is 3.62. The monoisotopic (exact) mass is 426 g/mol. The van der Waals surface area contributed by atoms with Crippen molar-refractivity contribution in [2.45, 2.75) is 25.4 Å². The summed E-state index contributed by atoms with van der Waals surface area (Å²) in [6, 6.07) is 8.60. The van der Waals surface area contributed by atoms with E-state index in [1.807, 2.05) is 0 Å². The van der Waals surface area contributed by atoms with E-state index in [4.69, 9.17) is 4.74 Å². The molecule has 1 aliphatic carbocycles. The smallest absolute Gasteiger partial charge is 0.229 e. The molecule has 0 saturated heterocycles. The van der Waals surface area contributed by atoms with E-state index in [0.717, 1.165) is 6.20 Å². The van der Waals surface area contributed by atoms with Crippen molar-refractivity contribution in [1.29, 1.82) is 0 Å². The van der Waals surface area contributed by atoms with Crippen LogP contribution in [0.15, 0.2) is 48.8 Å². The first-order valence-corrected chi connectivity index (χ1v) is 9.66. The minimum absolute atomic E-state index is 0.0603. The van der Waals surface area contributed by atoms with Gasteiger partial charge in [0.05, 0.1) is 31.5 Å². The Balaban J connectivity index is 1.57. The first-order valence-electron chi connectivity index (χ1n) is 9.66. The highest BCUT2D eigenvalue weighted by molar-refractivity contribution is 5.95. The number of aliphatic hydroxyl groups excluding tert-OH is 1. The van der Waals surface area contributed by atoms with Gasteiger partial charge in [0, 0.05) is 5.41 Å². The van der Waals surface area contributed by atoms with Gasteiger partial charge in [-0.25, -0.2) is 23.7 Å². The number of hydrogen-bond donors (Lipinski definition) is 2. The number of halogens is 2. The average molecular weight is 426 g/mol. The third-order valence-electron chi connectivity index (χ3n) is 5.35. The molecule has 0 spiro atoms. The van der Waals surface area contributed by atoms with Crippen molar-refractivity contribution in [3.8, 4) is 5.75 Å². The first-order chi connectivity index (χ1) is 14.9. The molecular formula is C22H20F2N4O3. The molecule has 1 saturated carbocycles. The summed E-state index contributed by atoms with van der Waals surface area (Å²) in [6.45, 7) is 1.43. The zero-order chi connectivity index (χ0) is 22.0. The Labute approximate surface area is 177 Å². The molecule has 2 N–H and O–H groups in total. The van der Waals surface area contributed by atoms with Crippen LogP contribution in [0, 0.1) is 24.5 Å². The van der Waals surface area contributed by atoms with Crippen molar-refractivity contribution in [2.24, 2.45) is 5.92 Å². The molecule has 2 unspecified atom stereocenters. The van der Waals surface area contributed by atoms with Gasteiger partial charge in [-0.05, 0) is 43.2 Å². The number of pyridine rings is 1. The minimum atomic E-state index is -0.774. The lowest BCUT2D eigenvalue weighted by molar-refractivity contribution is -0.117. The Morgan fingerprint density at radius 2 is 2.06 bits per heavy atom. The van der Waals surface area contributed by atoms with Crippen molar-refractivity contribution in [1.82, 2.24) is 15.0 Å². The van der Waals surface area contributed by atoms with Crippen LogP contribution in [-0.2, 0) is 16.8 Å². The number of nitrogens with zero attached hydrogens (tertiary/aromatic N) is 3. The van der Waals surface area contributed by atoms with Crippen LogP contribution in [0.2, 0.25) is 0 Å². The maximum Gasteiger partial charge on any atom is 0.229 e. The molecular weight excluding hydrogens is 406 g/mol. The van der Waals surface area contributed by atoms with Gasteiger partial charge in [0.25, 0.3) is 0 Å². The predicted molar refractivity (Wildman–Crippen MR) is 107 cm³/mol. The highest BCUT2D eigenvalue weighted by Gasteiger charge is 2.60. The van der Waals surface area contributed by atoms with E-state index in [2.05, 4.69) is 20.3 Å². The summed E-state index contributed by atoms with van der Waals surface area (Å²) < 4.78 is 32.9. The average Bonchev–Trinajstić information content (AvgIpc) is 3.50. The van der Waals surface area contributed by atoms with Gasteiger partial charge in [0.1, 0.15) is 29.0 Å². The molecule has 2 aromatic heterocycles. The molecule has 31 heavy (non-hydrogen) atoms. The summed E-state index contributed by atoms with van der Waals surface area (Å²) in [5.41, 5.74) is 0.182. The van der Waals surface area contributed by atoms with E-state index in [1.54, 1.807) is 19.1 Å². The Morgan fingerprint density at radius 3 is 2.77 bits per heavy atom. The van der Waals surface area contributed by atoms with Crippen LogP contribution in [0.3, 0.4) is 0 Å². The molecule has 1 amide bonds. The topological polar surface area (TPSA) is 97.2 Å². The number of anilines is 1. The molecule has 0 radical (unpaired) electrons. The van der Waals surface area contributed by atoms with Crippen LogP contribution in [-0.4, -0.2) is 32.6 Å². The quantitative estimate of drug-likeness (QED) is 0.603. The number of hydrogen-bond acceptors (Lipinski definition) is 6. The molecule has 1 fully saturated rings. The van der Waals surface area contributed by atoms with Crippen molar-refractivity contribution in [2.75, 3.05) is 11.9 Å². The maximum atomic E-state index is 13.9. The van der Waals surface area contributed by atoms with Gasteiger partial charge < -0.3 is 15.2 Å². The molecule has 2 heterocycles. The molecule has 4 rings (SSSR count). The molecule has 9 heteroatoms. The Morgan fingerprint density at radius 1 is 1.23 bits per heavy atom. The van der Waals surface area contributed by atoms with E-state index in [9.17, 15) is 18.7 Å². The Bertz CT molecular complexity index is 1110.